The molecule has 0 saturated heterocycles. The van der Waals surface area contributed by atoms with Crippen LogP contribution in [-0.4, -0.2) is 17.9 Å². The molecule has 1 rings (SSSR count). The van der Waals surface area contributed by atoms with Crippen LogP contribution in [0, 0.1) is 18.3 Å². The van der Waals surface area contributed by atoms with E-state index < -0.39 is 5.56 Å². The Morgan fingerprint density at radius 1 is 1.53 bits per heavy atom. The molecule has 1 aromatic rings. The van der Waals surface area contributed by atoms with E-state index in [1.165, 1.54) is 14.0 Å². The molecule has 0 aliphatic rings. The van der Waals surface area contributed by atoms with Crippen LogP contribution < -0.4 is 10.3 Å². The average molecular weight is 206 g/mol. The fourth-order valence-corrected chi connectivity index (χ4v) is 1.42. The predicted molar refractivity (Wildman–Crippen MR) is 53.1 cm³/mol. The molecule has 0 aromatic carbocycles. The zero-order chi connectivity index (χ0) is 11.6. The number of nitriles is 1. The highest BCUT2D eigenvalue weighted by Crippen LogP contribution is 2.22. The van der Waals surface area contributed by atoms with Crippen molar-refractivity contribution in [2.75, 3.05) is 7.11 Å². The largest absolute Gasteiger partial charge is 0.494 e. The van der Waals surface area contributed by atoms with Crippen LogP contribution >= 0.6 is 0 Å². The van der Waals surface area contributed by atoms with Crippen LogP contribution in [0.1, 0.15) is 28.5 Å². The lowest BCUT2D eigenvalue weighted by atomic mass is 10.1. The molecule has 0 radical (unpaired) electrons. The van der Waals surface area contributed by atoms with Crippen molar-refractivity contribution in [1.29, 1.82) is 5.26 Å². The summed E-state index contributed by atoms with van der Waals surface area (Å²) in [6.07, 6.45) is 0. The van der Waals surface area contributed by atoms with Gasteiger partial charge in [-0.15, -0.1) is 0 Å². The second kappa shape index (κ2) is 3.96. The van der Waals surface area contributed by atoms with E-state index in [0.29, 0.717) is 5.69 Å². The SMILES string of the molecule is COc1c(C(C)=O)c(C)[nH]c(=O)c1C#N. The summed E-state index contributed by atoms with van der Waals surface area (Å²) >= 11 is 0. The van der Waals surface area contributed by atoms with Crippen LogP contribution in [0.5, 0.6) is 5.75 Å². The number of H-pyrrole nitrogens is 1. The number of carbonyl (C=O) groups excluding carboxylic acids is 1. The summed E-state index contributed by atoms with van der Waals surface area (Å²) < 4.78 is 4.93. The standard InChI is InChI=1S/C10H10N2O3/c1-5-8(6(2)13)9(15-3)7(4-11)10(14)12-5/h1-3H3,(H,12,14). The summed E-state index contributed by atoms with van der Waals surface area (Å²) in [6.45, 7) is 2.94. The Balaban J connectivity index is 3.74. The monoisotopic (exact) mass is 206 g/mol. The molecule has 5 heteroatoms. The van der Waals surface area contributed by atoms with E-state index in [2.05, 4.69) is 4.98 Å². The van der Waals surface area contributed by atoms with Gasteiger partial charge in [-0.25, -0.2) is 0 Å². The van der Waals surface area contributed by atoms with Gasteiger partial charge in [-0.05, 0) is 13.8 Å². The number of methoxy groups -OCH3 is 1. The first-order valence-electron chi connectivity index (χ1n) is 4.24. The van der Waals surface area contributed by atoms with Crippen LogP contribution in [0.15, 0.2) is 4.79 Å². The van der Waals surface area contributed by atoms with Crippen molar-refractivity contribution < 1.29 is 9.53 Å². The summed E-state index contributed by atoms with van der Waals surface area (Å²) in [5.74, 6) is -0.205. The van der Waals surface area contributed by atoms with E-state index in [1.54, 1.807) is 13.0 Å². The summed E-state index contributed by atoms with van der Waals surface area (Å²) in [5, 5.41) is 8.77. The summed E-state index contributed by atoms with van der Waals surface area (Å²) in [6, 6.07) is 1.72. The number of pyridine rings is 1. The van der Waals surface area contributed by atoms with Crippen molar-refractivity contribution in [3.63, 3.8) is 0 Å². The van der Waals surface area contributed by atoms with Crippen molar-refractivity contribution in [2.45, 2.75) is 13.8 Å². The van der Waals surface area contributed by atoms with Gasteiger partial charge in [0.05, 0.1) is 12.7 Å². The van der Waals surface area contributed by atoms with Gasteiger partial charge in [-0.3, -0.25) is 9.59 Å². The Morgan fingerprint density at radius 2 is 2.13 bits per heavy atom. The molecule has 78 valence electrons. The van der Waals surface area contributed by atoms with Gasteiger partial charge in [-0.2, -0.15) is 5.26 Å². The van der Waals surface area contributed by atoms with E-state index in [4.69, 9.17) is 10.00 Å². The smallest absolute Gasteiger partial charge is 0.269 e. The maximum atomic E-state index is 11.4. The molecule has 0 bridgehead atoms. The molecule has 1 N–H and O–H groups in total. The minimum Gasteiger partial charge on any atom is -0.494 e. The predicted octanol–water partition coefficient (Wildman–Crippen LogP) is 0.766. The molecule has 0 aliphatic heterocycles. The second-order valence-corrected chi connectivity index (χ2v) is 3.03. The summed E-state index contributed by atoms with van der Waals surface area (Å²) in [5.41, 5.74) is -0.0675. The Labute approximate surface area is 86.3 Å². The quantitative estimate of drug-likeness (QED) is 0.724. The van der Waals surface area contributed by atoms with Crippen molar-refractivity contribution in [1.82, 2.24) is 4.98 Å². The topological polar surface area (TPSA) is 83.0 Å². The lowest BCUT2D eigenvalue weighted by Crippen LogP contribution is -2.17. The number of ketones is 1. The maximum absolute atomic E-state index is 11.4. The third kappa shape index (κ3) is 1.74. The number of nitrogens with one attached hydrogen (secondary N) is 1. The zero-order valence-electron chi connectivity index (χ0n) is 8.67. The third-order valence-electron chi connectivity index (χ3n) is 2.03. The van der Waals surface area contributed by atoms with Crippen LogP contribution in [-0.2, 0) is 0 Å². The number of hydrogen-bond donors (Lipinski definition) is 1. The van der Waals surface area contributed by atoms with Gasteiger partial charge in [0, 0.05) is 5.69 Å². The lowest BCUT2D eigenvalue weighted by molar-refractivity contribution is 0.101. The Bertz CT molecular complexity index is 509. The highest BCUT2D eigenvalue weighted by molar-refractivity contribution is 5.98. The second-order valence-electron chi connectivity index (χ2n) is 3.03. The Hall–Kier alpha value is -2.09. The molecule has 0 saturated carbocycles. The van der Waals surface area contributed by atoms with E-state index in [1.807, 2.05) is 0 Å². The fraction of sp³-hybridized carbons (Fsp3) is 0.300. The van der Waals surface area contributed by atoms with Gasteiger partial charge >= 0.3 is 0 Å². The van der Waals surface area contributed by atoms with Crippen LogP contribution in [0.25, 0.3) is 0 Å². The number of aryl methyl sites for hydroxylation is 1. The molecule has 0 fully saturated rings. The first-order chi connectivity index (χ1) is 7.02. The zero-order valence-corrected chi connectivity index (χ0v) is 8.67. The fourth-order valence-electron chi connectivity index (χ4n) is 1.42. The van der Waals surface area contributed by atoms with Gasteiger partial charge in [0.25, 0.3) is 5.56 Å². The molecular formula is C10H10N2O3. The van der Waals surface area contributed by atoms with Crippen molar-refractivity contribution in [3.8, 4) is 11.8 Å². The molecule has 1 heterocycles. The van der Waals surface area contributed by atoms with Gasteiger partial charge in [-0.1, -0.05) is 0 Å². The lowest BCUT2D eigenvalue weighted by Gasteiger charge is -2.09. The maximum Gasteiger partial charge on any atom is 0.269 e. The molecule has 5 nitrogen and oxygen atoms in total. The van der Waals surface area contributed by atoms with Crippen LogP contribution in [0.3, 0.4) is 0 Å². The number of aromatic nitrogens is 1. The van der Waals surface area contributed by atoms with Gasteiger partial charge in [0.15, 0.2) is 17.1 Å². The first-order valence-corrected chi connectivity index (χ1v) is 4.24. The minimum absolute atomic E-state index is 0.0475. The molecular weight excluding hydrogens is 196 g/mol. The van der Waals surface area contributed by atoms with E-state index >= 15 is 0 Å². The number of carbonyl (C=O) groups is 1. The van der Waals surface area contributed by atoms with Crippen LogP contribution in [0.2, 0.25) is 0 Å². The number of rotatable bonds is 2. The van der Waals surface area contributed by atoms with Crippen molar-refractivity contribution in [2.24, 2.45) is 0 Å². The molecule has 0 aliphatic carbocycles. The molecule has 0 amide bonds. The van der Waals surface area contributed by atoms with Crippen LogP contribution in [0.4, 0.5) is 0 Å². The average Bonchev–Trinajstić information content (AvgIpc) is 2.15. The number of nitrogens with zero attached hydrogens (tertiary/aromatic N) is 1. The molecule has 15 heavy (non-hydrogen) atoms. The summed E-state index contributed by atoms with van der Waals surface area (Å²) in [7, 11) is 1.32. The highest BCUT2D eigenvalue weighted by Gasteiger charge is 2.19. The van der Waals surface area contributed by atoms with E-state index in [-0.39, 0.29) is 22.7 Å². The Kier molecular flexibility index (Phi) is 2.90. The highest BCUT2D eigenvalue weighted by atomic mass is 16.5. The summed E-state index contributed by atoms with van der Waals surface area (Å²) in [4.78, 5) is 25.1. The molecule has 0 unspecified atom stereocenters. The number of hydrogen-bond acceptors (Lipinski definition) is 4. The van der Waals surface area contributed by atoms with E-state index in [0.717, 1.165) is 0 Å². The van der Waals surface area contributed by atoms with Gasteiger partial charge < -0.3 is 9.72 Å². The molecule has 1 aromatic heterocycles. The Morgan fingerprint density at radius 3 is 2.53 bits per heavy atom. The molecule has 0 spiro atoms. The number of ether oxygens (including phenoxy) is 1. The van der Waals surface area contributed by atoms with Gasteiger partial charge in [0.1, 0.15) is 6.07 Å². The number of Topliss-reactive ketones (excluding diaryl/α,β-unsaturated/α-hetero) is 1. The van der Waals surface area contributed by atoms with Crippen molar-refractivity contribution in [3.05, 3.63) is 27.2 Å². The van der Waals surface area contributed by atoms with Crippen molar-refractivity contribution >= 4 is 5.78 Å². The van der Waals surface area contributed by atoms with Gasteiger partial charge in [0.2, 0.25) is 0 Å². The third-order valence-corrected chi connectivity index (χ3v) is 2.03. The molecule has 0 atom stereocenters. The van der Waals surface area contributed by atoms with E-state index in [9.17, 15) is 9.59 Å². The normalized spacial score (nSPS) is 9.47. The first kappa shape index (κ1) is 11.0. The minimum atomic E-state index is -0.545. The number of aromatic amines is 1.